The lowest BCUT2D eigenvalue weighted by atomic mass is 10.2. The summed E-state index contributed by atoms with van der Waals surface area (Å²) < 4.78 is 0. The molecule has 0 atom stereocenters. The number of hydrogen-bond donors (Lipinski definition) is 3. The highest BCUT2D eigenvalue weighted by atomic mass is 35.5. The topological polar surface area (TPSA) is 61.4 Å². The van der Waals surface area contributed by atoms with Gasteiger partial charge in [-0.05, 0) is 61.1 Å². The quantitative estimate of drug-likeness (QED) is 0.741. The van der Waals surface area contributed by atoms with Crippen LogP contribution >= 0.6 is 23.8 Å². The highest BCUT2D eigenvalue weighted by Crippen LogP contribution is 2.20. The van der Waals surface area contributed by atoms with E-state index < -0.39 is 5.97 Å². The van der Waals surface area contributed by atoms with Crippen molar-refractivity contribution in [3.05, 3.63) is 58.6 Å². The maximum Gasteiger partial charge on any atom is 0.335 e. The molecule has 0 unspecified atom stereocenters. The van der Waals surface area contributed by atoms with E-state index in [0.29, 0.717) is 15.8 Å². The molecule has 0 fully saturated rings. The van der Waals surface area contributed by atoms with E-state index in [1.807, 2.05) is 19.1 Å². The predicted octanol–water partition coefficient (Wildman–Crippen LogP) is 4.16. The lowest BCUT2D eigenvalue weighted by Gasteiger charge is -2.13. The second-order valence-electron chi connectivity index (χ2n) is 4.42. The lowest BCUT2D eigenvalue weighted by molar-refractivity contribution is 0.0697. The van der Waals surface area contributed by atoms with Crippen LogP contribution in [0, 0.1) is 6.92 Å². The number of nitrogens with one attached hydrogen (secondary N) is 2. The van der Waals surface area contributed by atoms with Gasteiger partial charge in [-0.2, -0.15) is 0 Å². The van der Waals surface area contributed by atoms with Gasteiger partial charge < -0.3 is 15.7 Å². The summed E-state index contributed by atoms with van der Waals surface area (Å²) in [5, 5.41) is 15.9. The van der Waals surface area contributed by atoms with Crippen molar-refractivity contribution in [1.82, 2.24) is 0 Å². The van der Waals surface area contributed by atoms with E-state index in [-0.39, 0.29) is 5.56 Å². The molecule has 21 heavy (non-hydrogen) atoms. The smallest absolute Gasteiger partial charge is 0.335 e. The summed E-state index contributed by atoms with van der Waals surface area (Å²) in [6.07, 6.45) is 0. The van der Waals surface area contributed by atoms with E-state index >= 15 is 0 Å². The monoisotopic (exact) mass is 320 g/mol. The molecule has 2 rings (SSSR count). The summed E-state index contributed by atoms with van der Waals surface area (Å²) in [4.78, 5) is 10.8. The Morgan fingerprint density at radius 3 is 2.43 bits per heavy atom. The average molecular weight is 321 g/mol. The second-order valence-corrected chi connectivity index (χ2v) is 5.27. The summed E-state index contributed by atoms with van der Waals surface area (Å²) in [6, 6.07) is 11.8. The molecule has 0 amide bonds. The van der Waals surface area contributed by atoms with Crippen molar-refractivity contribution in [3.63, 3.8) is 0 Å². The standard InChI is InChI=1S/C15H13ClN2O2S/c1-9-2-5-11(16)8-13(9)18-15(21)17-12-6-3-10(4-7-12)14(19)20/h2-8H,1H3,(H,19,20)(H2,17,18,21). The molecule has 2 aromatic rings. The molecule has 4 nitrogen and oxygen atoms in total. The van der Waals surface area contributed by atoms with Crippen molar-refractivity contribution >= 4 is 46.3 Å². The van der Waals surface area contributed by atoms with Crippen molar-refractivity contribution < 1.29 is 9.90 Å². The predicted molar refractivity (Wildman–Crippen MR) is 89.4 cm³/mol. The number of anilines is 2. The van der Waals surface area contributed by atoms with E-state index in [9.17, 15) is 4.79 Å². The van der Waals surface area contributed by atoms with Crippen molar-refractivity contribution in [3.8, 4) is 0 Å². The zero-order chi connectivity index (χ0) is 15.4. The first kappa shape index (κ1) is 15.3. The fourth-order valence-electron chi connectivity index (χ4n) is 1.71. The number of aryl methyl sites for hydroxylation is 1. The van der Waals surface area contributed by atoms with Gasteiger partial charge in [0.25, 0.3) is 0 Å². The van der Waals surface area contributed by atoms with Crippen LogP contribution in [-0.4, -0.2) is 16.2 Å². The fourth-order valence-corrected chi connectivity index (χ4v) is 2.11. The highest BCUT2D eigenvalue weighted by Gasteiger charge is 2.05. The Bertz CT molecular complexity index is 687. The summed E-state index contributed by atoms with van der Waals surface area (Å²) in [7, 11) is 0. The number of aromatic carboxylic acids is 1. The van der Waals surface area contributed by atoms with Crippen LogP contribution in [0.4, 0.5) is 11.4 Å². The number of benzene rings is 2. The van der Waals surface area contributed by atoms with Crippen LogP contribution < -0.4 is 10.6 Å². The second kappa shape index (κ2) is 6.56. The molecule has 3 N–H and O–H groups in total. The van der Waals surface area contributed by atoms with Gasteiger partial charge in [0.05, 0.1) is 5.56 Å². The van der Waals surface area contributed by atoms with Crippen molar-refractivity contribution in [2.75, 3.05) is 10.6 Å². The van der Waals surface area contributed by atoms with Gasteiger partial charge in [0.1, 0.15) is 0 Å². The Morgan fingerprint density at radius 2 is 1.81 bits per heavy atom. The van der Waals surface area contributed by atoms with Gasteiger partial charge in [-0.15, -0.1) is 0 Å². The van der Waals surface area contributed by atoms with Crippen LogP contribution in [0.3, 0.4) is 0 Å². The van der Waals surface area contributed by atoms with Gasteiger partial charge in [0.15, 0.2) is 5.11 Å². The van der Waals surface area contributed by atoms with Crippen LogP contribution in [0.5, 0.6) is 0 Å². The summed E-state index contributed by atoms with van der Waals surface area (Å²) >= 11 is 11.2. The van der Waals surface area contributed by atoms with Gasteiger partial charge in [-0.3, -0.25) is 0 Å². The first-order chi connectivity index (χ1) is 9.95. The summed E-state index contributed by atoms with van der Waals surface area (Å²) in [6.45, 7) is 1.95. The number of carboxylic acids is 1. The molecular formula is C15H13ClN2O2S. The first-order valence-electron chi connectivity index (χ1n) is 6.13. The van der Waals surface area contributed by atoms with Gasteiger partial charge in [0.2, 0.25) is 0 Å². The summed E-state index contributed by atoms with van der Waals surface area (Å²) in [5.74, 6) is -0.961. The minimum atomic E-state index is -0.961. The maximum absolute atomic E-state index is 10.8. The third kappa shape index (κ3) is 4.18. The van der Waals surface area contributed by atoms with E-state index in [0.717, 1.165) is 11.3 Å². The van der Waals surface area contributed by atoms with E-state index in [4.69, 9.17) is 28.9 Å². The molecule has 6 heteroatoms. The van der Waals surface area contributed by atoms with Gasteiger partial charge in [-0.25, -0.2) is 4.79 Å². The molecule has 0 aliphatic rings. The minimum absolute atomic E-state index is 0.227. The van der Waals surface area contributed by atoms with E-state index in [2.05, 4.69) is 10.6 Å². The molecule has 2 aromatic carbocycles. The SMILES string of the molecule is Cc1ccc(Cl)cc1NC(=S)Nc1ccc(C(=O)O)cc1. The molecule has 0 bridgehead atoms. The number of carbonyl (C=O) groups is 1. The normalized spacial score (nSPS) is 10.0. The van der Waals surface area contributed by atoms with Crippen LogP contribution in [0.15, 0.2) is 42.5 Å². The van der Waals surface area contributed by atoms with E-state index in [1.54, 1.807) is 18.2 Å². The molecule has 108 valence electrons. The highest BCUT2D eigenvalue weighted by molar-refractivity contribution is 7.80. The average Bonchev–Trinajstić information content (AvgIpc) is 2.43. The lowest BCUT2D eigenvalue weighted by Crippen LogP contribution is -2.19. The van der Waals surface area contributed by atoms with E-state index in [1.165, 1.54) is 12.1 Å². The maximum atomic E-state index is 10.8. The largest absolute Gasteiger partial charge is 0.478 e. The molecule has 0 heterocycles. The van der Waals surface area contributed by atoms with Crippen LogP contribution in [-0.2, 0) is 0 Å². The van der Waals surface area contributed by atoms with Crippen LogP contribution in [0.1, 0.15) is 15.9 Å². The molecule has 0 radical (unpaired) electrons. The molecule has 0 aliphatic carbocycles. The Hall–Kier alpha value is -2.11. The van der Waals surface area contributed by atoms with Crippen molar-refractivity contribution in [1.29, 1.82) is 0 Å². The molecule has 0 aromatic heterocycles. The molecule has 0 spiro atoms. The summed E-state index contributed by atoms with van der Waals surface area (Å²) in [5.41, 5.74) is 2.77. The van der Waals surface area contributed by atoms with Gasteiger partial charge in [-0.1, -0.05) is 17.7 Å². The minimum Gasteiger partial charge on any atom is -0.478 e. The number of rotatable bonds is 3. The first-order valence-corrected chi connectivity index (χ1v) is 6.92. The number of carboxylic acid groups (broad SMARTS) is 1. The van der Waals surface area contributed by atoms with Crippen LogP contribution in [0.2, 0.25) is 5.02 Å². The molecular weight excluding hydrogens is 308 g/mol. The number of hydrogen-bond acceptors (Lipinski definition) is 2. The Labute approximate surface area is 132 Å². The zero-order valence-electron chi connectivity index (χ0n) is 11.2. The molecule has 0 saturated heterocycles. The fraction of sp³-hybridized carbons (Fsp3) is 0.0667. The van der Waals surface area contributed by atoms with Crippen LogP contribution in [0.25, 0.3) is 0 Å². The Morgan fingerprint density at radius 1 is 1.14 bits per heavy atom. The number of halogens is 1. The number of thiocarbonyl (C=S) groups is 1. The van der Waals surface area contributed by atoms with Gasteiger partial charge in [0, 0.05) is 16.4 Å². The molecule has 0 aliphatic heterocycles. The zero-order valence-corrected chi connectivity index (χ0v) is 12.8. The van der Waals surface area contributed by atoms with Gasteiger partial charge >= 0.3 is 5.97 Å². The van der Waals surface area contributed by atoms with Crippen molar-refractivity contribution in [2.45, 2.75) is 6.92 Å². The van der Waals surface area contributed by atoms with Crippen molar-refractivity contribution in [2.24, 2.45) is 0 Å². The third-order valence-electron chi connectivity index (χ3n) is 2.84. The molecule has 0 saturated carbocycles. The Kier molecular flexibility index (Phi) is 4.77. The third-order valence-corrected chi connectivity index (χ3v) is 3.28. The Balaban J connectivity index is 2.04.